The number of hydrogen-bond acceptors (Lipinski definition) is 8. The van der Waals surface area contributed by atoms with Gasteiger partial charge in [-0.15, -0.1) is 0 Å². The summed E-state index contributed by atoms with van der Waals surface area (Å²) < 4.78 is 25.6. The van der Waals surface area contributed by atoms with Gasteiger partial charge in [0.25, 0.3) is 0 Å². The smallest absolute Gasteiger partial charge is 0.308 e. The van der Waals surface area contributed by atoms with E-state index in [1.165, 1.54) is 48.0 Å². The van der Waals surface area contributed by atoms with Gasteiger partial charge in [-0.3, -0.25) is 23.7 Å². The number of rotatable bonds is 7. The maximum atomic E-state index is 14.1. The topological polar surface area (TPSA) is 107 Å². The molecule has 2 aliphatic heterocycles. The summed E-state index contributed by atoms with van der Waals surface area (Å²) in [7, 11) is 3.02. The van der Waals surface area contributed by atoms with Crippen LogP contribution in [0.3, 0.4) is 0 Å². The molecule has 9 nitrogen and oxygen atoms in total. The van der Waals surface area contributed by atoms with Crippen LogP contribution < -0.4 is 24.6 Å². The van der Waals surface area contributed by atoms with Crippen LogP contribution in [0.15, 0.2) is 76.6 Å². The SMILES string of the molecule is COc1ccc([C@@H]2c3sc(=O)n(CC(=O)Nc4ccc(F)cc4)c3S[C@H]3C(=O)N(c4ccc(C)cc4)C(=O)[C@@H]23)cc1OC. The van der Waals surface area contributed by atoms with Crippen molar-refractivity contribution in [2.45, 2.75) is 29.7 Å². The number of imide groups is 1. The Labute approximate surface area is 254 Å². The van der Waals surface area contributed by atoms with E-state index >= 15 is 0 Å². The standard InChI is InChI=1S/C31H26FN3O6S2/c1-16-4-11-20(12-5-16)35-28(37)25-24(17-6-13-21(40-2)22(14-17)41-3)27-30(42-26(25)29(35)38)34(31(39)43-27)15-23(36)33-19-9-7-18(32)8-10-19/h4-14,24-26H,15H2,1-3H3,(H,33,36)/t24-,25-,26+/m0/s1. The van der Waals surface area contributed by atoms with Crippen LogP contribution in [0.25, 0.3) is 0 Å². The van der Waals surface area contributed by atoms with Crippen molar-refractivity contribution in [3.63, 3.8) is 0 Å². The zero-order chi connectivity index (χ0) is 30.4. The second-order valence-electron chi connectivity index (χ2n) is 10.2. The van der Waals surface area contributed by atoms with E-state index in [-0.39, 0.29) is 18.4 Å². The van der Waals surface area contributed by atoms with E-state index < -0.39 is 33.7 Å². The van der Waals surface area contributed by atoms with Crippen LogP contribution in [0.4, 0.5) is 15.8 Å². The van der Waals surface area contributed by atoms with Crippen LogP contribution in [0.1, 0.15) is 21.9 Å². The van der Waals surface area contributed by atoms with Gasteiger partial charge in [-0.1, -0.05) is 46.9 Å². The molecule has 3 amide bonds. The minimum absolute atomic E-state index is 0.325. The second-order valence-corrected chi connectivity index (χ2v) is 12.3. The molecule has 3 atom stereocenters. The lowest BCUT2D eigenvalue weighted by Crippen LogP contribution is -2.33. The number of aromatic nitrogens is 1. The van der Waals surface area contributed by atoms with Crippen molar-refractivity contribution < 1.29 is 28.2 Å². The number of carbonyl (C=O) groups is 3. The number of nitrogens with zero attached hydrogens (tertiary/aromatic N) is 2. The van der Waals surface area contributed by atoms with Crippen molar-refractivity contribution in [3.8, 4) is 11.5 Å². The minimum atomic E-state index is -0.834. The first-order valence-electron chi connectivity index (χ1n) is 13.3. The zero-order valence-corrected chi connectivity index (χ0v) is 25.0. The van der Waals surface area contributed by atoms with Gasteiger partial charge in [0.15, 0.2) is 11.5 Å². The van der Waals surface area contributed by atoms with Crippen LogP contribution in [0.2, 0.25) is 0 Å². The first kappa shape index (κ1) is 28.7. The number of anilines is 2. The maximum Gasteiger partial charge on any atom is 0.308 e. The maximum absolute atomic E-state index is 14.1. The Bertz CT molecular complexity index is 1800. The molecule has 220 valence electrons. The fraction of sp³-hybridized carbons (Fsp3) is 0.226. The van der Waals surface area contributed by atoms with Crippen molar-refractivity contribution in [3.05, 3.63) is 98.2 Å². The summed E-state index contributed by atoms with van der Waals surface area (Å²) in [6.07, 6.45) is 0. The lowest BCUT2D eigenvalue weighted by atomic mass is 9.83. The minimum Gasteiger partial charge on any atom is -0.493 e. The molecule has 3 aromatic carbocycles. The highest BCUT2D eigenvalue weighted by molar-refractivity contribution is 8.00. The van der Waals surface area contributed by atoms with E-state index in [4.69, 9.17) is 9.47 Å². The van der Waals surface area contributed by atoms with Gasteiger partial charge in [0.2, 0.25) is 17.7 Å². The van der Waals surface area contributed by atoms with Gasteiger partial charge >= 0.3 is 4.87 Å². The molecule has 1 N–H and O–H groups in total. The molecule has 43 heavy (non-hydrogen) atoms. The summed E-state index contributed by atoms with van der Waals surface area (Å²) in [6.45, 7) is 1.60. The molecule has 0 aliphatic carbocycles. The van der Waals surface area contributed by atoms with E-state index in [0.29, 0.717) is 38.3 Å². The first-order valence-corrected chi connectivity index (χ1v) is 15.0. The Morgan fingerprint density at radius 2 is 1.63 bits per heavy atom. The summed E-state index contributed by atoms with van der Waals surface area (Å²) >= 11 is 2.08. The van der Waals surface area contributed by atoms with Gasteiger partial charge in [0.05, 0.1) is 30.9 Å². The second kappa shape index (κ2) is 11.3. The molecule has 1 fully saturated rings. The van der Waals surface area contributed by atoms with Gasteiger partial charge in [0.1, 0.15) is 17.6 Å². The highest BCUT2D eigenvalue weighted by Gasteiger charge is 2.57. The Morgan fingerprint density at radius 1 is 0.930 bits per heavy atom. The molecular formula is C31H26FN3O6S2. The molecule has 3 heterocycles. The molecule has 0 unspecified atom stereocenters. The highest BCUT2D eigenvalue weighted by Crippen LogP contribution is 2.54. The quantitative estimate of drug-likeness (QED) is 0.296. The van der Waals surface area contributed by atoms with E-state index in [1.54, 1.807) is 30.3 Å². The normalized spacial score (nSPS) is 19.2. The number of benzene rings is 3. The summed E-state index contributed by atoms with van der Waals surface area (Å²) in [5.74, 6) is -2.21. The van der Waals surface area contributed by atoms with Gasteiger partial charge in [-0.25, -0.2) is 9.29 Å². The number of carbonyl (C=O) groups excluding carboxylic acids is 3. The third-order valence-corrected chi connectivity index (χ3v) is 10.1. The van der Waals surface area contributed by atoms with Crippen LogP contribution in [0, 0.1) is 18.7 Å². The largest absolute Gasteiger partial charge is 0.493 e. The molecular weight excluding hydrogens is 593 g/mol. The van der Waals surface area contributed by atoms with Crippen molar-refractivity contribution in [1.29, 1.82) is 0 Å². The van der Waals surface area contributed by atoms with Gasteiger partial charge in [-0.2, -0.15) is 0 Å². The van der Waals surface area contributed by atoms with Gasteiger partial charge in [-0.05, 0) is 61.0 Å². The molecule has 0 bridgehead atoms. The van der Waals surface area contributed by atoms with Gasteiger partial charge < -0.3 is 14.8 Å². The van der Waals surface area contributed by atoms with Crippen molar-refractivity contribution in [1.82, 2.24) is 4.57 Å². The van der Waals surface area contributed by atoms with Crippen LogP contribution in [-0.4, -0.2) is 41.8 Å². The summed E-state index contributed by atoms with van der Waals surface area (Å²) in [6, 6.07) is 17.7. The number of thiazole rings is 1. The number of hydrogen-bond donors (Lipinski definition) is 1. The Hall–Kier alpha value is -4.42. The van der Waals surface area contributed by atoms with E-state index in [9.17, 15) is 23.6 Å². The molecule has 0 radical (unpaired) electrons. The number of nitrogens with one attached hydrogen (secondary N) is 1. The molecule has 6 rings (SSSR count). The van der Waals surface area contributed by atoms with Crippen LogP contribution >= 0.6 is 23.1 Å². The summed E-state index contributed by atoms with van der Waals surface area (Å²) in [5, 5.41) is 2.30. The van der Waals surface area contributed by atoms with Gasteiger partial charge in [0, 0.05) is 16.5 Å². The number of halogens is 1. The molecule has 4 aromatic rings. The van der Waals surface area contributed by atoms with E-state index in [0.717, 1.165) is 28.7 Å². The van der Waals surface area contributed by atoms with E-state index in [1.807, 2.05) is 19.1 Å². The number of thioether (sulfide) groups is 1. The van der Waals surface area contributed by atoms with E-state index in [2.05, 4.69) is 5.32 Å². The lowest BCUT2D eigenvalue weighted by Gasteiger charge is -2.31. The Balaban J connectivity index is 1.43. The molecule has 0 spiro atoms. The number of aryl methyl sites for hydroxylation is 1. The van der Waals surface area contributed by atoms with Crippen molar-refractivity contribution in [2.24, 2.45) is 5.92 Å². The summed E-state index contributed by atoms with van der Waals surface area (Å²) in [4.78, 5) is 55.7. The predicted octanol–water partition coefficient (Wildman–Crippen LogP) is 4.81. The van der Waals surface area contributed by atoms with Crippen LogP contribution in [0.5, 0.6) is 11.5 Å². The average molecular weight is 620 g/mol. The number of amides is 3. The predicted molar refractivity (Wildman–Crippen MR) is 162 cm³/mol. The van der Waals surface area contributed by atoms with Crippen molar-refractivity contribution >= 4 is 52.2 Å². The molecule has 12 heteroatoms. The monoisotopic (exact) mass is 619 g/mol. The average Bonchev–Trinajstić information content (AvgIpc) is 3.44. The fourth-order valence-electron chi connectivity index (χ4n) is 5.49. The third kappa shape index (κ3) is 5.10. The fourth-order valence-corrected chi connectivity index (χ4v) is 8.26. The molecule has 0 saturated carbocycles. The highest BCUT2D eigenvalue weighted by atomic mass is 32.2. The molecule has 1 saturated heterocycles. The lowest BCUT2D eigenvalue weighted by molar-refractivity contribution is -0.122. The Morgan fingerprint density at radius 3 is 2.30 bits per heavy atom. The molecule has 2 aliphatic rings. The summed E-state index contributed by atoms with van der Waals surface area (Å²) in [5.41, 5.74) is 2.51. The number of fused-ring (bicyclic) bond motifs is 2. The Kier molecular flexibility index (Phi) is 7.57. The molecule has 1 aromatic heterocycles. The van der Waals surface area contributed by atoms with Crippen LogP contribution in [-0.2, 0) is 20.9 Å². The number of methoxy groups -OCH3 is 2. The van der Waals surface area contributed by atoms with Crippen molar-refractivity contribution in [2.75, 3.05) is 24.4 Å². The third-order valence-electron chi connectivity index (χ3n) is 7.54. The zero-order valence-electron chi connectivity index (χ0n) is 23.3. The first-order chi connectivity index (χ1) is 20.7. The number of ether oxygens (including phenoxy) is 2.